The van der Waals surface area contributed by atoms with Crippen molar-refractivity contribution in [2.24, 2.45) is 11.8 Å². The number of hydrogen-bond acceptors (Lipinski definition) is 5. The van der Waals surface area contributed by atoms with E-state index in [-0.39, 0.29) is 29.8 Å². The topological polar surface area (TPSA) is 61.8 Å². The Morgan fingerprint density at radius 3 is 2.56 bits per heavy atom. The average molecular weight is 340 g/mol. The van der Waals surface area contributed by atoms with E-state index < -0.39 is 12.1 Å². The van der Waals surface area contributed by atoms with E-state index in [0.29, 0.717) is 6.61 Å². The largest absolute Gasteiger partial charge is 0.467 e. The summed E-state index contributed by atoms with van der Waals surface area (Å²) in [5, 5.41) is 2.23. The lowest BCUT2D eigenvalue weighted by Crippen LogP contribution is -2.32. The van der Waals surface area contributed by atoms with Crippen molar-refractivity contribution in [1.29, 1.82) is 0 Å². The van der Waals surface area contributed by atoms with Crippen LogP contribution in [0, 0.1) is 11.8 Å². The van der Waals surface area contributed by atoms with Crippen molar-refractivity contribution >= 4 is 22.7 Å². The second-order valence-corrected chi connectivity index (χ2v) is 6.53. The van der Waals surface area contributed by atoms with Crippen molar-refractivity contribution in [3.05, 3.63) is 48.0 Å². The first-order valence-electron chi connectivity index (χ1n) is 8.54. The average Bonchev–Trinajstić information content (AvgIpc) is 3.21. The second-order valence-electron chi connectivity index (χ2n) is 6.53. The van der Waals surface area contributed by atoms with Crippen molar-refractivity contribution in [3.63, 3.8) is 0 Å². The van der Waals surface area contributed by atoms with Crippen LogP contribution < -0.4 is 0 Å². The Morgan fingerprint density at radius 2 is 1.84 bits per heavy atom. The van der Waals surface area contributed by atoms with E-state index in [1.54, 1.807) is 6.92 Å². The minimum Gasteiger partial charge on any atom is -0.467 e. The minimum absolute atomic E-state index is 0.0377. The molecule has 0 spiro atoms. The molecule has 0 amide bonds. The summed E-state index contributed by atoms with van der Waals surface area (Å²) in [6, 6.07) is 14.2. The van der Waals surface area contributed by atoms with Gasteiger partial charge >= 0.3 is 11.9 Å². The van der Waals surface area contributed by atoms with Crippen molar-refractivity contribution in [3.8, 4) is 0 Å². The maximum absolute atomic E-state index is 12.2. The van der Waals surface area contributed by atoms with Crippen LogP contribution in [0.15, 0.2) is 42.5 Å². The third kappa shape index (κ3) is 2.59. The highest BCUT2D eigenvalue weighted by Crippen LogP contribution is 2.59. The van der Waals surface area contributed by atoms with Crippen molar-refractivity contribution in [2.45, 2.75) is 25.0 Å². The number of hydrogen-bond donors (Lipinski definition) is 0. The van der Waals surface area contributed by atoms with Gasteiger partial charge in [0.05, 0.1) is 25.7 Å². The third-order valence-corrected chi connectivity index (χ3v) is 5.20. The van der Waals surface area contributed by atoms with Gasteiger partial charge in [0.2, 0.25) is 0 Å². The lowest BCUT2D eigenvalue weighted by Gasteiger charge is -2.22. The van der Waals surface area contributed by atoms with Crippen LogP contribution in [0.4, 0.5) is 0 Å². The summed E-state index contributed by atoms with van der Waals surface area (Å²) in [6.07, 6.45) is -0.938. The molecule has 2 fully saturated rings. The molecule has 2 aromatic carbocycles. The molecule has 0 aromatic heterocycles. The predicted molar refractivity (Wildman–Crippen MR) is 91.0 cm³/mol. The van der Waals surface area contributed by atoms with Crippen LogP contribution >= 0.6 is 0 Å². The Kier molecular flexibility index (Phi) is 3.96. The van der Waals surface area contributed by atoms with Crippen LogP contribution in [0.1, 0.15) is 18.4 Å². The van der Waals surface area contributed by atoms with Gasteiger partial charge in [0, 0.05) is 11.8 Å². The Bertz CT molecular complexity index is 830. The number of fused-ring (bicyclic) bond motifs is 2. The van der Waals surface area contributed by atoms with E-state index in [0.717, 1.165) is 16.3 Å². The normalized spacial score (nSPS) is 29.9. The zero-order valence-corrected chi connectivity index (χ0v) is 14.2. The van der Waals surface area contributed by atoms with Gasteiger partial charge in [0.15, 0.2) is 6.10 Å². The van der Waals surface area contributed by atoms with Gasteiger partial charge in [0.25, 0.3) is 0 Å². The predicted octanol–water partition coefficient (Wildman–Crippen LogP) is 2.67. The molecule has 130 valence electrons. The molecular formula is C20H20O5. The summed E-state index contributed by atoms with van der Waals surface area (Å²) < 4.78 is 15.9. The van der Waals surface area contributed by atoms with Crippen LogP contribution in [-0.4, -0.2) is 37.9 Å². The minimum atomic E-state index is -0.674. The van der Waals surface area contributed by atoms with Crippen LogP contribution in [-0.2, 0) is 23.8 Å². The molecule has 0 radical (unpaired) electrons. The molecule has 0 unspecified atom stereocenters. The van der Waals surface area contributed by atoms with Gasteiger partial charge in [-0.2, -0.15) is 0 Å². The summed E-state index contributed by atoms with van der Waals surface area (Å²) in [4.78, 5) is 24.3. The summed E-state index contributed by atoms with van der Waals surface area (Å²) in [5.41, 5.74) is 0.994. The zero-order chi connectivity index (χ0) is 17.6. The smallest absolute Gasteiger partial charge is 0.335 e. The number of benzene rings is 2. The van der Waals surface area contributed by atoms with Gasteiger partial charge in [-0.25, -0.2) is 4.79 Å². The van der Waals surface area contributed by atoms with Crippen molar-refractivity contribution < 1.29 is 23.8 Å². The quantitative estimate of drug-likeness (QED) is 0.801. The van der Waals surface area contributed by atoms with Gasteiger partial charge in [-0.1, -0.05) is 42.5 Å². The standard InChI is InChI=1S/C20H20O5/c1-3-24-19(21)16-15-14(18(20(22)23-2)25-17(15)16)13-9-8-11-6-4-5-7-12(11)10-13/h4-10,14-18H,3H2,1-2H3/t14-,15-,16-,17-,18+/m0/s1. The van der Waals surface area contributed by atoms with Crippen LogP contribution in [0.2, 0.25) is 0 Å². The molecule has 1 saturated heterocycles. The molecule has 5 heteroatoms. The molecule has 2 aromatic rings. The van der Waals surface area contributed by atoms with E-state index in [2.05, 4.69) is 6.07 Å². The second kappa shape index (κ2) is 6.15. The number of esters is 2. The summed E-state index contributed by atoms with van der Waals surface area (Å²) in [7, 11) is 1.36. The molecule has 5 nitrogen and oxygen atoms in total. The van der Waals surface area contributed by atoms with Gasteiger partial charge in [-0.3, -0.25) is 4.79 Å². The molecule has 1 saturated carbocycles. The molecular weight excluding hydrogens is 320 g/mol. The van der Waals surface area contributed by atoms with Crippen LogP contribution in [0.3, 0.4) is 0 Å². The Morgan fingerprint density at radius 1 is 1.08 bits per heavy atom. The number of ether oxygens (including phenoxy) is 3. The van der Waals surface area contributed by atoms with E-state index in [1.165, 1.54) is 7.11 Å². The monoisotopic (exact) mass is 340 g/mol. The van der Waals surface area contributed by atoms with Crippen LogP contribution in [0.5, 0.6) is 0 Å². The highest BCUT2D eigenvalue weighted by molar-refractivity contribution is 5.85. The Labute approximate surface area is 145 Å². The highest BCUT2D eigenvalue weighted by atomic mass is 16.6. The Hall–Kier alpha value is -2.40. The zero-order valence-electron chi connectivity index (χ0n) is 14.2. The van der Waals surface area contributed by atoms with Gasteiger partial charge in [0.1, 0.15) is 0 Å². The van der Waals surface area contributed by atoms with E-state index in [1.807, 2.05) is 36.4 Å². The first kappa shape index (κ1) is 16.1. The number of carbonyl (C=O) groups excluding carboxylic acids is 2. The lowest BCUT2D eigenvalue weighted by molar-refractivity contribution is -0.158. The van der Waals surface area contributed by atoms with Gasteiger partial charge < -0.3 is 14.2 Å². The first-order valence-corrected chi connectivity index (χ1v) is 8.54. The molecule has 0 bridgehead atoms. The maximum atomic E-state index is 12.2. The maximum Gasteiger partial charge on any atom is 0.335 e. The summed E-state index contributed by atoms with van der Waals surface area (Å²) in [6.45, 7) is 2.13. The molecule has 25 heavy (non-hydrogen) atoms. The van der Waals surface area contributed by atoms with E-state index in [9.17, 15) is 9.59 Å². The molecule has 1 aliphatic heterocycles. The molecule has 4 rings (SSSR count). The molecule has 1 heterocycles. The number of carbonyl (C=O) groups is 2. The summed E-state index contributed by atoms with van der Waals surface area (Å²) >= 11 is 0. The van der Waals surface area contributed by atoms with E-state index in [4.69, 9.17) is 14.2 Å². The third-order valence-electron chi connectivity index (χ3n) is 5.20. The highest BCUT2D eigenvalue weighted by Gasteiger charge is 2.69. The van der Waals surface area contributed by atoms with Gasteiger partial charge in [-0.15, -0.1) is 0 Å². The molecule has 2 aliphatic rings. The fourth-order valence-corrected chi connectivity index (χ4v) is 4.02. The van der Waals surface area contributed by atoms with Gasteiger partial charge in [-0.05, 0) is 23.3 Å². The van der Waals surface area contributed by atoms with Crippen molar-refractivity contribution in [2.75, 3.05) is 13.7 Å². The fourth-order valence-electron chi connectivity index (χ4n) is 4.02. The molecule has 1 aliphatic carbocycles. The Balaban J connectivity index is 1.69. The van der Waals surface area contributed by atoms with Crippen molar-refractivity contribution in [1.82, 2.24) is 0 Å². The fraction of sp³-hybridized carbons (Fsp3) is 0.400. The number of methoxy groups -OCH3 is 1. The molecule has 0 N–H and O–H groups in total. The first-order chi connectivity index (χ1) is 12.2. The molecule has 5 atom stereocenters. The van der Waals surface area contributed by atoms with E-state index >= 15 is 0 Å². The van der Waals surface area contributed by atoms with Crippen LogP contribution in [0.25, 0.3) is 10.8 Å². The lowest BCUT2D eigenvalue weighted by atomic mass is 9.87. The number of rotatable bonds is 4. The SMILES string of the molecule is CCOC(=O)[C@@H]1[C@H]2O[C@@H](C(=O)OC)[C@@H](c3ccc4ccccc4c3)[C@H]21. The summed E-state index contributed by atoms with van der Waals surface area (Å²) in [5.74, 6) is -1.17.